The number of carbonyl (C=O) groups excluding carboxylic acids is 1. The molecule has 0 radical (unpaired) electrons. The Morgan fingerprint density at radius 3 is 2.13 bits per heavy atom. The molecule has 1 aliphatic heterocycles. The van der Waals surface area contributed by atoms with Gasteiger partial charge in [-0.15, -0.1) is 0 Å². The summed E-state index contributed by atoms with van der Waals surface area (Å²) in [6, 6.07) is 0. The fraction of sp³-hybridized carbons (Fsp3) is 0.952. The predicted octanol–water partition coefficient (Wildman–Crippen LogP) is 1.97. The smallest absolute Gasteiger partial charge is 0.261 e. The Bertz CT molecular complexity index is 728. The first-order chi connectivity index (χ1) is 14.6. The molecule has 0 atom stereocenters. The third-order valence-electron chi connectivity index (χ3n) is 7.79. The van der Waals surface area contributed by atoms with Crippen molar-refractivity contribution < 1.29 is 32.3 Å². The van der Waals surface area contributed by atoms with Gasteiger partial charge in [-0.2, -0.15) is 18.2 Å². The van der Waals surface area contributed by atoms with Crippen LogP contribution in [0.1, 0.15) is 64.2 Å². The summed E-state index contributed by atoms with van der Waals surface area (Å²) in [5.74, 6) is 2.27. The Morgan fingerprint density at radius 1 is 1.06 bits per heavy atom. The zero-order valence-electron chi connectivity index (χ0n) is 18.3. The molecule has 1 amide bonds. The number of nitrogens with two attached hydrogens (primary N) is 1. The summed E-state index contributed by atoms with van der Waals surface area (Å²) in [7, 11) is -3.67. The average molecular weight is 461 g/mol. The van der Waals surface area contributed by atoms with E-state index in [0.717, 1.165) is 44.1 Å². The lowest BCUT2D eigenvalue weighted by Crippen LogP contribution is -2.59. The maximum absolute atomic E-state index is 10.8. The van der Waals surface area contributed by atoms with E-state index < -0.39 is 21.7 Å². The van der Waals surface area contributed by atoms with Crippen molar-refractivity contribution in [3.8, 4) is 0 Å². The molecule has 9 nitrogen and oxygen atoms in total. The fourth-order valence-corrected chi connectivity index (χ4v) is 6.63. The quantitative estimate of drug-likeness (QED) is 0.322. The third-order valence-corrected chi connectivity index (χ3v) is 7.79. The van der Waals surface area contributed by atoms with E-state index >= 15 is 0 Å². The van der Waals surface area contributed by atoms with E-state index in [2.05, 4.69) is 5.32 Å². The number of amides is 1. The van der Waals surface area contributed by atoms with Gasteiger partial charge in [-0.1, -0.05) is 0 Å². The van der Waals surface area contributed by atoms with Crippen molar-refractivity contribution in [2.75, 3.05) is 19.3 Å². The van der Waals surface area contributed by atoms with Crippen LogP contribution in [-0.2, 0) is 29.4 Å². The molecule has 6 rings (SSSR count). The van der Waals surface area contributed by atoms with Crippen LogP contribution in [0.15, 0.2) is 0 Å². The zero-order chi connectivity index (χ0) is 22.3. The molecule has 6 aliphatic rings. The summed E-state index contributed by atoms with van der Waals surface area (Å²) in [4.78, 5) is 22.9. The maximum atomic E-state index is 10.8. The SMILES string of the molecule is CS(=O)(=O)O.NC(=O)CCNCC1CCC2(CC1)OOC1(O2)C2CC3CC(C2)CC1C3. The van der Waals surface area contributed by atoms with Crippen molar-refractivity contribution >= 4 is 16.0 Å². The Hall–Kier alpha value is -0.780. The molecule has 1 saturated heterocycles. The molecule has 10 heteroatoms. The van der Waals surface area contributed by atoms with Crippen LogP contribution in [0, 0.1) is 29.6 Å². The van der Waals surface area contributed by atoms with Gasteiger partial charge in [-0.3, -0.25) is 9.35 Å². The second-order valence-electron chi connectivity index (χ2n) is 10.3. The third kappa shape index (κ3) is 5.42. The van der Waals surface area contributed by atoms with Crippen molar-refractivity contribution in [2.24, 2.45) is 35.3 Å². The molecule has 2 spiro atoms. The highest BCUT2D eigenvalue weighted by Crippen LogP contribution is 2.63. The van der Waals surface area contributed by atoms with Gasteiger partial charge in [0.25, 0.3) is 10.1 Å². The van der Waals surface area contributed by atoms with Crippen molar-refractivity contribution in [2.45, 2.75) is 75.8 Å². The van der Waals surface area contributed by atoms with Gasteiger partial charge in [0, 0.05) is 37.6 Å². The minimum Gasteiger partial charge on any atom is -0.370 e. The zero-order valence-corrected chi connectivity index (χ0v) is 19.1. The van der Waals surface area contributed by atoms with Crippen LogP contribution in [-0.4, -0.2) is 49.8 Å². The molecular weight excluding hydrogens is 424 g/mol. The van der Waals surface area contributed by atoms with Crippen LogP contribution in [0.5, 0.6) is 0 Å². The number of hydrogen-bond donors (Lipinski definition) is 3. The van der Waals surface area contributed by atoms with Gasteiger partial charge in [-0.25, -0.2) is 0 Å². The molecule has 178 valence electrons. The molecular formula is C21H36N2O7S. The Morgan fingerprint density at radius 2 is 1.61 bits per heavy atom. The molecule has 0 aromatic carbocycles. The normalized spacial score (nSPS) is 43.2. The molecule has 0 aromatic heterocycles. The monoisotopic (exact) mass is 460 g/mol. The molecule has 0 aromatic rings. The molecule has 4 bridgehead atoms. The molecule has 4 N–H and O–H groups in total. The van der Waals surface area contributed by atoms with Gasteiger partial charge in [0.05, 0.1) is 6.26 Å². The van der Waals surface area contributed by atoms with Gasteiger partial charge >= 0.3 is 0 Å². The molecule has 0 unspecified atom stereocenters. The molecule has 5 aliphatic carbocycles. The number of ether oxygens (including phenoxy) is 1. The highest BCUT2D eigenvalue weighted by Gasteiger charge is 2.66. The van der Waals surface area contributed by atoms with Gasteiger partial charge in [0.1, 0.15) is 0 Å². The van der Waals surface area contributed by atoms with Crippen molar-refractivity contribution in [1.82, 2.24) is 5.32 Å². The molecule has 5 saturated carbocycles. The van der Waals surface area contributed by atoms with E-state index in [4.69, 9.17) is 24.8 Å². The minimum absolute atomic E-state index is 0.244. The second-order valence-corrected chi connectivity index (χ2v) is 11.8. The molecule has 31 heavy (non-hydrogen) atoms. The van der Waals surface area contributed by atoms with Crippen LogP contribution in [0.3, 0.4) is 0 Å². The first-order valence-electron chi connectivity index (χ1n) is 11.6. The number of primary amides is 1. The largest absolute Gasteiger partial charge is 0.370 e. The molecule has 6 fully saturated rings. The summed E-state index contributed by atoms with van der Waals surface area (Å²) in [6.45, 7) is 1.60. The topological polar surface area (TPSA) is 137 Å². The van der Waals surface area contributed by atoms with Gasteiger partial charge < -0.3 is 15.8 Å². The fourth-order valence-electron chi connectivity index (χ4n) is 6.63. The summed E-state index contributed by atoms with van der Waals surface area (Å²) < 4.78 is 32.6. The van der Waals surface area contributed by atoms with E-state index in [1.165, 1.54) is 32.1 Å². The van der Waals surface area contributed by atoms with E-state index in [1.807, 2.05) is 0 Å². The predicted molar refractivity (Wildman–Crippen MR) is 112 cm³/mol. The minimum atomic E-state index is -3.67. The second kappa shape index (κ2) is 8.87. The number of rotatable bonds is 5. The Balaban J connectivity index is 0.000000418. The lowest BCUT2D eigenvalue weighted by Gasteiger charge is -2.57. The highest BCUT2D eigenvalue weighted by molar-refractivity contribution is 7.85. The van der Waals surface area contributed by atoms with Crippen LogP contribution >= 0.6 is 0 Å². The Kier molecular flexibility index (Phi) is 6.69. The van der Waals surface area contributed by atoms with Crippen LogP contribution < -0.4 is 11.1 Å². The maximum Gasteiger partial charge on any atom is 0.261 e. The van der Waals surface area contributed by atoms with Crippen molar-refractivity contribution in [3.63, 3.8) is 0 Å². The van der Waals surface area contributed by atoms with Crippen molar-refractivity contribution in [3.05, 3.63) is 0 Å². The Labute approximate surface area is 184 Å². The summed E-state index contributed by atoms with van der Waals surface area (Å²) in [5.41, 5.74) is 5.18. The van der Waals surface area contributed by atoms with Gasteiger partial charge in [0.2, 0.25) is 17.5 Å². The first-order valence-corrected chi connectivity index (χ1v) is 13.4. The lowest BCUT2D eigenvalue weighted by molar-refractivity contribution is -0.390. The highest BCUT2D eigenvalue weighted by atomic mass is 32.2. The van der Waals surface area contributed by atoms with Gasteiger partial charge in [-0.05, 0) is 69.2 Å². The van der Waals surface area contributed by atoms with E-state index in [0.29, 0.717) is 37.0 Å². The van der Waals surface area contributed by atoms with Crippen LogP contribution in [0.4, 0.5) is 0 Å². The first kappa shape index (κ1) is 23.4. The van der Waals surface area contributed by atoms with Crippen LogP contribution in [0.2, 0.25) is 0 Å². The van der Waals surface area contributed by atoms with E-state index in [-0.39, 0.29) is 5.91 Å². The van der Waals surface area contributed by atoms with E-state index in [9.17, 15) is 13.2 Å². The van der Waals surface area contributed by atoms with Gasteiger partial charge in [0.15, 0.2) is 0 Å². The molecule has 1 heterocycles. The number of hydrogen-bond acceptors (Lipinski definition) is 7. The number of carbonyl (C=O) groups is 1. The standard InChI is InChI=1S/C20H32N2O4.CH4O3S/c21-18(23)3-6-22-12-13-1-4-19(5-2-13)24-20(26-25-19)16-8-14-7-15(10-16)11-17(20)9-14;1-5(2,3)4/h13-17,22H,1-12H2,(H2,21,23);1H3,(H,2,3,4). The summed E-state index contributed by atoms with van der Waals surface area (Å²) in [5, 5.41) is 3.35. The van der Waals surface area contributed by atoms with Crippen LogP contribution in [0.25, 0.3) is 0 Å². The van der Waals surface area contributed by atoms with Crippen molar-refractivity contribution in [1.29, 1.82) is 0 Å². The summed E-state index contributed by atoms with van der Waals surface area (Å²) in [6.07, 6.45) is 11.6. The van der Waals surface area contributed by atoms with E-state index in [1.54, 1.807) is 0 Å². The summed E-state index contributed by atoms with van der Waals surface area (Å²) >= 11 is 0. The average Bonchev–Trinajstić information content (AvgIpc) is 3.03. The number of nitrogens with one attached hydrogen (secondary N) is 1. The lowest BCUT2D eigenvalue weighted by atomic mass is 9.53.